The number of amides is 1. The Bertz CT molecular complexity index is 1150. The van der Waals surface area contributed by atoms with Crippen LogP contribution in [0, 0.1) is 5.82 Å². The van der Waals surface area contributed by atoms with Crippen LogP contribution in [0.2, 0.25) is 0 Å². The van der Waals surface area contributed by atoms with E-state index in [-0.39, 0.29) is 18.9 Å². The highest BCUT2D eigenvalue weighted by Gasteiger charge is 2.36. The smallest absolute Gasteiger partial charge is 0.296 e. The molecule has 0 radical (unpaired) electrons. The molecule has 0 bridgehead atoms. The first kappa shape index (κ1) is 22.8. The first-order valence-electron chi connectivity index (χ1n) is 9.56. The predicted molar refractivity (Wildman–Crippen MR) is 110 cm³/mol. The monoisotopic (exact) mass is 453 g/mol. The molecule has 0 spiro atoms. The lowest BCUT2D eigenvalue weighted by Crippen LogP contribution is -2.44. The van der Waals surface area contributed by atoms with E-state index in [0.29, 0.717) is 18.4 Å². The van der Waals surface area contributed by atoms with Crippen LogP contribution in [0.15, 0.2) is 29.1 Å². The van der Waals surface area contributed by atoms with Gasteiger partial charge in [-0.25, -0.2) is 9.37 Å². The number of halogens is 1. The average Bonchev–Trinajstić information content (AvgIpc) is 2.74. The first-order valence-corrected chi connectivity index (χ1v) is 11.0. The number of carbonyl (C=O) groups is 1. The fourth-order valence-corrected chi connectivity index (χ4v) is 4.43. The zero-order chi connectivity index (χ0) is 22.9. The molecule has 1 amide bonds. The number of aromatic nitrogens is 2. The zero-order valence-corrected chi connectivity index (χ0v) is 18.2. The van der Waals surface area contributed by atoms with Crippen molar-refractivity contribution in [3.63, 3.8) is 0 Å². The van der Waals surface area contributed by atoms with Crippen LogP contribution in [-0.4, -0.2) is 58.7 Å². The number of nitrogens with zero attached hydrogens (tertiary/aromatic N) is 4. The van der Waals surface area contributed by atoms with E-state index in [2.05, 4.69) is 10.3 Å². The summed E-state index contributed by atoms with van der Waals surface area (Å²) >= 11 is 0. The van der Waals surface area contributed by atoms with E-state index in [1.807, 2.05) is 0 Å². The summed E-state index contributed by atoms with van der Waals surface area (Å²) in [5.41, 5.74) is -0.684. The summed E-state index contributed by atoms with van der Waals surface area (Å²) in [6.45, 7) is 0.273. The number of fused-ring (bicyclic) bond motifs is 1. The van der Waals surface area contributed by atoms with E-state index in [9.17, 15) is 27.5 Å². The van der Waals surface area contributed by atoms with Crippen molar-refractivity contribution in [2.75, 3.05) is 21.1 Å². The van der Waals surface area contributed by atoms with Crippen molar-refractivity contribution in [3.8, 4) is 5.75 Å². The Morgan fingerprint density at radius 1 is 1.29 bits per heavy atom. The van der Waals surface area contributed by atoms with Crippen molar-refractivity contribution in [2.45, 2.75) is 32.0 Å². The number of carbonyl (C=O) groups excluding carboxylic acids is 1. The first-order chi connectivity index (χ1) is 14.5. The molecule has 2 heterocycles. The van der Waals surface area contributed by atoms with E-state index in [1.54, 1.807) is 0 Å². The molecule has 0 aliphatic carbocycles. The number of rotatable bonds is 6. The van der Waals surface area contributed by atoms with Crippen LogP contribution in [0.5, 0.6) is 5.75 Å². The van der Waals surface area contributed by atoms with Gasteiger partial charge in [-0.3, -0.25) is 14.2 Å². The van der Waals surface area contributed by atoms with Gasteiger partial charge in [-0.1, -0.05) is 12.1 Å². The largest absolute Gasteiger partial charge is 0.501 e. The zero-order valence-electron chi connectivity index (χ0n) is 17.4. The van der Waals surface area contributed by atoms with E-state index < -0.39 is 45.0 Å². The highest BCUT2D eigenvalue weighted by atomic mass is 32.2. The minimum atomic E-state index is -3.81. The Morgan fingerprint density at radius 2 is 1.94 bits per heavy atom. The maximum Gasteiger partial charge on any atom is 0.296 e. The number of nitrogens with one attached hydrogen (secondary N) is 1. The maximum absolute atomic E-state index is 13.0. The summed E-state index contributed by atoms with van der Waals surface area (Å²) in [5, 5.41) is 12.8. The van der Waals surface area contributed by atoms with Gasteiger partial charge in [0.25, 0.3) is 21.7 Å². The quantitative estimate of drug-likeness (QED) is 0.660. The summed E-state index contributed by atoms with van der Waals surface area (Å²) in [7, 11) is 0.349. The predicted octanol–water partition coefficient (Wildman–Crippen LogP) is 0.591. The van der Waals surface area contributed by atoms with Gasteiger partial charge in [0, 0.05) is 34.2 Å². The van der Waals surface area contributed by atoms with Crippen molar-refractivity contribution in [1.82, 2.24) is 23.5 Å². The van der Waals surface area contributed by atoms with E-state index in [4.69, 9.17) is 0 Å². The second-order valence-electron chi connectivity index (χ2n) is 7.40. The van der Waals surface area contributed by atoms with Gasteiger partial charge in [-0.15, -0.1) is 0 Å². The second kappa shape index (κ2) is 8.73. The highest BCUT2D eigenvalue weighted by molar-refractivity contribution is 7.86. The van der Waals surface area contributed by atoms with Crippen LogP contribution in [0.3, 0.4) is 0 Å². The Labute approximate surface area is 179 Å². The van der Waals surface area contributed by atoms with Crippen LogP contribution in [-0.2, 0) is 23.3 Å². The van der Waals surface area contributed by atoms with Gasteiger partial charge in [-0.2, -0.15) is 17.0 Å². The second-order valence-corrected chi connectivity index (χ2v) is 9.60. The summed E-state index contributed by atoms with van der Waals surface area (Å²) in [6, 6.07) is 4.68. The van der Waals surface area contributed by atoms with Crippen LogP contribution < -0.4 is 10.9 Å². The molecule has 1 atom stereocenters. The molecule has 1 aromatic carbocycles. The molecule has 0 saturated heterocycles. The van der Waals surface area contributed by atoms with E-state index in [0.717, 1.165) is 8.61 Å². The minimum absolute atomic E-state index is 0.0248. The summed E-state index contributed by atoms with van der Waals surface area (Å²) in [4.78, 5) is 29.5. The summed E-state index contributed by atoms with van der Waals surface area (Å²) in [5.74, 6) is -1.93. The molecule has 1 aliphatic rings. The topological polar surface area (TPSA) is 125 Å². The van der Waals surface area contributed by atoms with Crippen molar-refractivity contribution in [1.29, 1.82) is 0 Å². The molecule has 12 heteroatoms. The Kier molecular flexibility index (Phi) is 6.43. The molecular formula is C19H24FN5O5S. The van der Waals surface area contributed by atoms with Gasteiger partial charge in [0.1, 0.15) is 11.6 Å². The van der Waals surface area contributed by atoms with Gasteiger partial charge in [-0.05, 0) is 30.5 Å². The van der Waals surface area contributed by atoms with E-state index in [1.165, 1.54) is 50.0 Å². The van der Waals surface area contributed by atoms with Gasteiger partial charge >= 0.3 is 0 Å². The average molecular weight is 453 g/mol. The standard InChI is InChI=1S/C19H24FN5O5S/c1-23(2)31(29,30)24(3)14-5-4-10-25-17(14)22-15(16(26)19(25)28)18(27)21-11-12-6-8-13(20)9-7-12/h6-9,14,26H,4-5,10-11H2,1-3H3,(H,21,27)/t14-/m0/s1. The maximum atomic E-state index is 13.0. The molecule has 168 valence electrons. The Balaban J connectivity index is 1.95. The molecule has 0 unspecified atom stereocenters. The van der Waals surface area contributed by atoms with Crippen molar-refractivity contribution >= 4 is 16.1 Å². The van der Waals surface area contributed by atoms with Gasteiger partial charge < -0.3 is 10.4 Å². The molecule has 2 N–H and O–H groups in total. The molecule has 1 aliphatic heterocycles. The molecule has 31 heavy (non-hydrogen) atoms. The van der Waals surface area contributed by atoms with Crippen molar-refractivity contribution in [2.24, 2.45) is 0 Å². The highest BCUT2D eigenvalue weighted by Crippen LogP contribution is 2.31. The number of benzene rings is 1. The molecule has 2 aromatic rings. The minimum Gasteiger partial charge on any atom is -0.501 e. The molecule has 1 aromatic heterocycles. The molecule has 3 rings (SSSR count). The van der Waals surface area contributed by atoms with Crippen LogP contribution in [0.25, 0.3) is 0 Å². The number of hydrogen-bond donors (Lipinski definition) is 2. The molecule has 10 nitrogen and oxygen atoms in total. The fraction of sp³-hybridized carbons (Fsp3) is 0.421. The molecular weight excluding hydrogens is 429 g/mol. The molecule has 0 saturated carbocycles. The third kappa shape index (κ3) is 4.45. The lowest BCUT2D eigenvalue weighted by molar-refractivity contribution is 0.0940. The molecule has 0 fully saturated rings. The van der Waals surface area contributed by atoms with Gasteiger partial charge in [0.15, 0.2) is 5.69 Å². The third-order valence-corrected chi connectivity index (χ3v) is 7.08. The van der Waals surface area contributed by atoms with Crippen molar-refractivity contribution < 1.29 is 22.7 Å². The number of hydrogen-bond acceptors (Lipinski definition) is 6. The van der Waals surface area contributed by atoms with Crippen molar-refractivity contribution in [3.05, 3.63) is 57.5 Å². The normalized spacial score (nSPS) is 16.4. The third-order valence-electron chi connectivity index (χ3n) is 5.18. The Hall–Kier alpha value is -2.83. The van der Waals surface area contributed by atoms with E-state index >= 15 is 0 Å². The van der Waals surface area contributed by atoms with Crippen LogP contribution in [0.1, 0.15) is 40.8 Å². The van der Waals surface area contributed by atoms with Crippen LogP contribution >= 0.6 is 0 Å². The lowest BCUT2D eigenvalue weighted by Gasteiger charge is -2.33. The van der Waals surface area contributed by atoms with Crippen LogP contribution in [0.4, 0.5) is 4.39 Å². The van der Waals surface area contributed by atoms with Gasteiger partial charge in [0.05, 0.1) is 6.04 Å². The Morgan fingerprint density at radius 3 is 2.55 bits per heavy atom. The summed E-state index contributed by atoms with van der Waals surface area (Å²) in [6.07, 6.45) is 0.902. The number of aromatic hydroxyl groups is 1. The summed E-state index contributed by atoms with van der Waals surface area (Å²) < 4.78 is 41.5. The lowest BCUT2D eigenvalue weighted by atomic mass is 10.1. The van der Waals surface area contributed by atoms with Gasteiger partial charge in [0.2, 0.25) is 5.75 Å². The fourth-order valence-electron chi connectivity index (χ4n) is 3.39. The SMILES string of the molecule is CN(C)S(=O)(=O)N(C)[C@H]1CCCn2c1nc(C(=O)NCc1ccc(F)cc1)c(O)c2=O.